The van der Waals surface area contributed by atoms with Gasteiger partial charge in [0.1, 0.15) is 5.01 Å². The Hall–Kier alpha value is -0.0600. The van der Waals surface area contributed by atoms with Gasteiger partial charge in [-0.3, -0.25) is 0 Å². The van der Waals surface area contributed by atoms with Crippen LogP contribution in [0.1, 0.15) is 60.4 Å². The Balaban J connectivity index is 2.09. The summed E-state index contributed by atoms with van der Waals surface area (Å²) in [7, 11) is 0. The molecule has 0 radical (unpaired) electrons. The number of thiazole rings is 1. The van der Waals surface area contributed by atoms with Crippen LogP contribution >= 0.6 is 23.1 Å². The highest BCUT2D eigenvalue weighted by molar-refractivity contribution is 7.99. The molecular weight excluding hydrogens is 260 g/mol. The molecular formula is C14H24N2S2. The van der Waals surface area contributed by atoms with Gasteiger partial charge in [-0.15, -0.1) is 11.3 Å². The molecule has 2 nitrogen and oxygen atoms in total. The van der Waals surface area contributed by atoms with Gasteiger partial charge in [0.2, 0.25) is 0 Å². The van der Waals surface area contributed by atoms with Crippen molar-refractivity contribution in [2.24, 2.45) is 0 Å². The van der Waals surface area contributed by atoms with E-state index in [0.717, 1.165) is 19.5 Å². The van der Waals surface area contributed by atoms with Crippen LogP contribution in [0, 0.1) is 0 Å². The highest BCUT2D eigenvalue weighted by Gasteiger charge is 2.21. The Labute approximate surface area is 119 Å². The Morgan fingerprint density at radius 2 is 2.22 bits per heavy atom. The van der Waals surface area contributed by atoms with Crippen LogP contribution in [0.15, 0.2) is 0 Å². The molecule has 1 aromatic heterocycles. The molecule has 0 amide bonds. The molecule has 2 heterocycles. The number of nitrogens with one attached hydrogen (secondary N) is 1. The number of hydrogen-bond donors (Lipinski definition) is 1. The van der Waals surface area contributed by atoms with Crippen molar-refractivity contribution in [3.8, 4) is 0 Å². The van der Waals surface area contributed by atoms with Gasteiger partial charge in [0.05, 0.1) is 10.9 Å². The molecule has 1 aliphatic heterocycles. The number of aryl methyl sites for hydroxylation is 1. The number of nitrogens with zero attached hydrogens (tertiary/aromatic N) is 1. The summed E-state index contributed by atoms with van der Waals surface area (Å²) < 4.78 is 0. The van der Waals surface area contributed by atoms with Gasteiger partial charge >= 0.3 is 0 Å². The van der Waals surface area contributed by atoms with Crippen LogP contribution in [-0.4, -0.2) is 17.3 Å². The van der Waals surface area contributed by atoms with Crippen LogP contribution in [0.3, 0.4) is 0 Å². The zero-order chi connectivity index (χ0) is 12.8. The fourth-order valence-electron chi connectivity index (χ4n) is 2.29. The van der Waals surface area contributed by atoms with E-state index in [1.165, 1.54) is 47.0 Å². The third-order valence-electron chi connectivity index (χ3n) is 3.27. The third kappa shape index (κ3) is 3.72. The van der Waals surface area contributed by atoms with Crippen molar-refractivity contribution in [2.45, 2.75) is 57.7 Å². The van der Waals surface area contributed by atoms with Gasteiger partial charge in [0, 0.05) is 11.4 Å². The second-order valence-electron chi connectivity index (χ2n) is 4.81. The molecule has 1 aromatic rings. The van der Waals surface area contributed by atoms with E-state index in [0.29, 0.717) is 5.25 Å². The lowest BCUT2D eigenvalue weighted by molar-refractivity contribution is 0.680. The first kappa shape index (κ1) is 14.4. The first-order chi connectivity index (χ1) is 8.85. The minimum absolute atomic E-state index is 0.676. The maximum absolute atomic E-state index is 4.93. The van der Waals surface area contributed by atoms with Gasteiger partial charge in [0.25, 0.3) is 0 Å². The van der Waals surface area contributed by atoms with Crippen molar-refractivity contribution in [1.82, 2.24) is 10.3 Å². The van der Waals surface area contributed by atoms with E-state index < -0.39 is 0 Å². The summed E-state index contributed by atoms with van der Waals surface area (Å²) in [6, 6.07) is 0. The summed E-state index contributed by atoms with van der Waals surface area (Å²) in [5.41, 5.74) is 1.35. The van der Waals surface area contributed by atoms with Crippen LogP contribution in [-0.2, 0) is 13.0 Å². The molecule has 0 aliphatic carbocycles. The first-order valence-electron chi connectivity index (χ1n) is 7.16. The molecule has 1 saturated heterocycles. The van der Waals surface area contributed by atoms with E-state index in [4.69, 9.17) is 4.98 Å². The fraction of sp³-hybridized carbons (Fsp3) is 0.786. The molecule has 2 rings (SSSR count). The molecule has 0 saturated carbocycles. The third-order valence-corrected chi connectivity index (χ3v) is 6.02. The number of thioether (sulfide) groups is 1. The van der Waals surface area contributed by atoms with E-state index in [1.54, 1.807) is 0 Å². The maximum Gasteiger partial charge on any atom is 0.106 e. The molecule has 18 heavy (non-hydrogen) atoms. The Kier molecular flexibility index (Phi) is 5.99. The fourth-order valence-corrected chi connectivity index (χ4v) is 4.92. The van der Waals surface area contributed by atoms with Crippen LogP contribution in [0.5, 0.6) is 0 Å². The van der Waals surface area contributed by atoms with Crippen molar-refractivity contribution >= 4 is 23.1 Å². The van der Waals surface area contributed by atoms with Crippen molar-refractivity contribution in [3.05, 3.63) is 15.6 Å². The number of rotatable bonds is 6. The second kappa shape index (κ2) is 7.51. The monoisotopic (exact) mass is 284 g/mol. The molecule has 0 aromatic carbocycles. The zero-order valence-electron chi connectivity index (χ0n) is 11.5. The molecule has 1 unspecified atom stereocenters. The Morgan fingerprint density at radius 3 is 2.89 bits per heavy atom. The smallest absolute Gasteiger partial charge is 0.106 e. The van der Waals surface area contributed by atoms with Crippen molar-refractivity contribution < 1.29 is 0 Å². The summed E-state index contributed by atoms with van der Waals surface area (Å²) in [5.74, 6) is 1.32. The Bertz CT molecular complexity index is 357. The van der Waals surface area contributed by atoms with Crippen LogP contribution in [0.2, 0.25) is 0 Å². The molecule has 1 aliphatic rings. The van der Waals surface area contributed by atoms with Gasteiger partial charge < -0.3 is 5.32 Å². The average molecular weight is 284 g/mol. The Morgan fingerprint density at radius 1 is 1.33 bits per heavy atom. The lowest BCUT2D eigenvalue weighted by atomic mass is 10.2. The number of aromatic nitrogens is 1. The molecule has 0 spiro atoms. The second-order valence-corrected chi connectivity index (χ2v) is 7.23. The SMILES string of the molecule is CCCc1nc(C2CCCCS2)sc1CNCC. The van der Waals surface area contributed by atoms with E-state index >= 15 is 0 Å². The van der Waals surface area contributed by atoms with Gasteiger partial charge in [-0.2, -0.15) is 11.8 Å². The molecule has 1 N–H and O–H groups in total. The summed E-state index contributed by atoms with van der Waals surface area (Å²) in [6.45, 7) is 6.45. The van der Waals surface area contributed by atoms with Crippen molar-refractivity contribution in [3.63, 3.8) is 0 Å². The predicted octanol–water partition coefficient (Wildman–Crippen LogP) is 4.16. The highest BCUT2D eigenvalue weighted by Crippen LogP contribution is 2.40. The minimum Gasteiger partial charge on any atom is -0.312 e. The van der Waals surface area contributed by atoms with E-state index in [1.807, 2.05) is 11.3 Å². The standard InChI is InChI=1S/C14H24N2S2/c1-3-7-11-13(10-15-4-2)18-14(16-11)12-8-5-6-9-17-12/h12,15H,3-10H2,1-2H3. The molecule has 1 atom stereocenters. The lowest BCUT2D eigenvalue weighted by Gasteiger charge is -2.18. The predicted molar refractivity (Wildman–Crippen MR) is 82.5 cm³/mol. The van der Waals surface area contributed by atoms with Crippen molar-refractivity contribution in [1.29, 1.82) is 0 Å². The molecule has 102 valence electrons. The summed E-state index contributed by atoms with van der Waals surface area (Å²) in [4.78, 5) is 6.41. The molecule has 1 fully saturated rings. The minimum atomic E-state index is 0.676. The maximum atomic E-state index is 4.93. The van der Waals surface area contributed by atoms with Crippen LogP contribution in [0.25, 0.3) is 0 Å². The molecule has 4 heteroatoms. The highest BCUT2D eigenvalue weighted by atomic mass is 32.2. The van der Waals surface area contributed by atoms with Gasteiger partial charge in [-0.25, -0.2) is 4.98 Å². The average Bonchev–Trinajstić information content (AvgIpc) is 2.81. The van der Waals surface area contributed by atoms with Crippen LogP contribution in [0.4, 0.5) is 0 Å². The lowest BCUT2D eigenvalue weighted by Crippen LogP contribution is -2.11. The van der Waals surface area contributed by atoms with Gasteiger partial charge in [-0.1, -0.05) is 26.7 Å². The van der Waals surface area contributed by atoms with E-state index in [9.17, 15) is 0 Å². The molecule has 0 bridgehead atoms. The van der Waals surface area contributed by atoms with E-state index in [2.05, 4.69) is 30.9 Å². The topological polar surface area (TPSA) is 24.9 Å². The van der Waals surface area contributed by atoms with Gasteiger partial charge in [0.15, 0.2) is 0 Å². The summed E-state index contributed by atoms with van der Waals surface area (Å²) in [5, 5.41) is 5.50. The van der Waals surface area contributed by atoms with E-state index in [-0.39, 0.29) is 0 Å². The number of hydrogen-bond acceptors (Lipinski definition) is 4. The summed E-state index contributed by atoms with van der Waals surface area (Å²) >= 11 is 4.06. The van der Waals surface area contributed by atoms with Crippen molar-refractivity contribution in [2.75, 3.05) is 12.3 Å². The summed E-state index contributed by atoms with van der Waals surface area (Å²) in [6.07, 6.45) is 6.42. The normalized spacial score (nSPS) is 20.2. The first-order valence-corrected chi connectivity index (χ1v) is 9.02. The van der Waals surface area contributed by atoms with Crippen LogP contribution < -0.4 is 5.32 Å². The quantitative estimate of drug-likeness (QED) is 0.849. The zero-order valence-corrected chi connectivity index (χ0v) is 13.1. The van der Waals surface area contributed by atoms with Gasteiger partial charge in [-0.05, 0) is 31.6 Å². The largest absolute Gasteiger partial charge is 0.312 e.